The van der Waals surface area contributed by atoms with Crippen molar-refractivity contribution in [3.8, 4) is 0 Å². The molecule has 0 unspecified atom stereocenters. The lowest BCUT2D eigenvalue weighted by Crippen LogP contribution is -2.71. The summed E-state index contributed by atoms with van der Waals surface area (Å²) in [6.07, 6.45) is 0. The summed E-state index contributed by atoms with van der Waals surface area (Å²) in [5.41, 5.74) is 6.08. The smallest absolute Gasteiger partial charge is 0.352 e. The Bertz CT molecular complexity index is 1580. The van der Waals surface area contributed by atoms with Gasteiger partial charge in [-0.25, -0.2) is 9.78 Å². The van der Waals surface area contributed by atoms with Crippen molar-refractivity contribution in [2.45, 2.75) is 15.6 Å². The minimum absolute atomic E-state index is 0.0945. The Labute approximate surface area is 231 Å². The molecule has 0 aliphatic carbocycles. The molecule has 2 aliphatic heterocycles. The fourth-order valence-electron chi connectivity index (χ4n) is 4.01. The third-order valence-electron chi connectivity index (χ3n) is 5.70. The third-order valence-corrected chi connectivity index (χ3v) is 10.1. The average Bonchev–Trinajstić information content (AvgIpc) is 3.33. The summed E-state index contributed by atoms with van der Waals surface area (Å²) in [7, 11) is 1.27. The molecule has 2 atom stereocenters. The van der Waals surface area contributed by atoms with Crippen LogP contribution in [-0.4, -0.2) is 68.5 Å². The maximum Gasteiger partial charge on any atom is 0.352 e. The van der Waals surface area contributed by atoms with E-state index in [-0.39, 0.29) is 27.7 Å². The predicted octanol–water partition coefficient (Wildman–Crippen LogP) is 2.18. The summed E-state index contributed by atoms with van der Waals surface area (Å²) in [5, 5.41) is 18.1. The van der Waals surface area contributed by atoms with Crippen LogP contribution in [0.1, 0.15) is 5.69 Å². The van der Waals surface area contributed by atoms with Gasteiger partial charge >= 0.3 is 5.97 Å². The number of carboxylic acid groups (broad SMARTS) is 1. The molecule has 5 rings (SSSR count). The van der Waals surface area contributed by atoms with Crippen molar-refractivity contribution in [3.05, 3.63) is 62.9 Å². The number of amides is 2. The Hall–Kier alpha value is -3.40. The first-order valence-corrected chi connectivity index (χ1v) is 14.7. The molecule has 1 fully saturated rings. The maximum absolute atomic E-state index is 13.0. The molecule has 3 aromatic rings. The van der Waals surface area contributed by atoms with E-state index in [1.807, 2.05) is 18.2 Å². The molecule has 1 aromatic carbocycles. The lowest BCUT2D eigenvalue weighted by Gasteiger charge is -2.49. The van der Waals surface area contributed by atoms with Crippen LogP contribution in [0.2, 0.25) is 0 Å². The Balaban J connectivity index is 1.32. The van der Waals surface area contributed by atoms with Crippen LogP contribution in [0, 0.1) is 0 Å². The molecule has 196 valence electrons. The van der Waals surface area contributed by atoms with Crippen molar-refractivity contribution < 1.29 is 24.3 Å². The van der Waals surface area contributed by atoms with Gasteiger partial charge in [-0.3, -0.25) is 19.3 Å². The van der Waals surface area contributed by atoms with E-state index >= 15 is 0 Å². The normalized spacial score (nSPS) is 19.2. The van der Waals surface area contributed by atoms with Crippen LogP contribution >= 0.6 is 46.2 Å². The first-order chi connectivity index (χ1) is 18.3. The number of thioether (sulfide) groups is 2. The van der Waals surface area contributed by atoms with Gasteiger partial charge in [0.2, 0.25) is 0 Å². The van der Waals surface area contributed by atoms with Gasteiger partial charge in [-0.2, -0.15) is 0 Å². The number of oxime groups is 1. The van der Waals surface area contributed by atoms with Gasteiger partial charge in [0.25, 0.3) is 11.8 Å². The quantitative estimate of drug-likeness (QED) is 0.154. The molecule has 4 heterocycles. The first-order valence-electron chi connectivity index (χ1n) is 11.0. The van der Waals surface area contributed by atoms with Gasteiger partial charge in [-0.05, 0) is 17.7 Å². The highest BCUT2D eigenvalue weighted by Crippen LogP contribution is 2.42. The second-order valence-corrected chi connectivity index (χ2v) is 12.4. The number of carboxylic acids is 1. The molecule has 1 saturated heterocycles. The van der Waals surface area contributed by atoms with Crippen molar-refractivity contribution >= 4 is 84.9 Å². The largest absolute Gasteiger partial charge is 0.477 e. The number of benzene rings is 1. The predicted molar refractivity (Wildman–Crippen MR) is 149 cm³/mol. The summed E-state index contributed by atoms with van der Waals surface area (Å²) in [6, 6.07) is 7.91. The zero-order valence-corrected chi connectivity index (χ0v) is 22.8. The third kappa shape index (κ3) is 4.89. The minimum atomic E-state index is -1.23. The summed E-state index contributed by atoms with van der Waals surface area (Å²) in [5.74, 6) is -1.81. The van der Waals surface area contributed by atoms with E-state index in [2.05, 4.69) is 15.5 Å². The molecule has 38 heavy (non-hydrogen) atoms. The number of anilines is 1. The second-order valence-electron chi connectivity index (χ2n) is 8.03. The van der Waals surface area contributed by atoms with Crippen molar-refractivity contribution in [1.82, 2.24) is 15.2 Å². The Morgan fingerprint density at radius 2 is 2.13 bits per heavy atom. The molecular formula is C23H19N5O6S4. The molecule has 2 aromatic heterocycles. The van der Waals surface area contributed by atoms with Crippen molar-refractivity contribution in [2.24, 2.45) is 5.16 Å². The van der Waals surface area contributed by atoms with E-state index in [9.17, 15) is 24.3 Å². The highest BCUT2D eigenvalue weighted by molar-refractivity contribution is 8.02. The van der Waals surface area contributed by atoms with E-state index in [1.54, 1.807) is 17.5 Å². The molecule has 0 saturated carbocycles. The number of β-lactam (4-membered cyclic amide) rings is 1. The highest BCUT2D eigenvalue weighted by atomic mass is 32.2. The van der Waals surface area contributed by atoms with Gasteiger partial charge in [0.05, 0.1) is 4.21 Å². The second kappa shape index (κ2) is 10.8. The van der Waals surface area contributed by atoms with E-state index < -0.39 is 29.2 Å². The zero-order chi connectivity index (χ0) is 27.0. The lowest BCUT2D eigenvalue weighted by molar-refractivity contribution is -0.150. The lowest BCUT2D eigenvalue weighted by atomic mass is 10.0. The van der Waals surface area contributed by atoms with Gasteiger partial charge in [0.15, 0.2) is 16.3 Å². The van der Waals surface area contributed by atoms with Crippen LogP contribution in [-0.2, 0) is 19.2 Å². The molecule has 11 nitrogen and oxygen atoms in total. The molecular weight excluding hydrogens is 571 g/mol. The van der Waals surface area contributed by atoms with E-state index in [1.165, 1.54) is 46.9 Å². The highest BCUT2D eigenvalue weighted by Gasteiger charge is 2.54. The minimum Gasteiger partial charge on any atom is -0.477 e. The standard InChI is InChI=1S/C23H19N5O6S4/c1-34-27-16(12-9-37-23(24)25-12)19(30)26-17-20(31)28-18(22(32)33)10(8-36-21(17)28)7-35-15-6-13(29)11-4-2-3-5-14(11)38-15/h2-6,9,17,21H,7-8H2,1H3,(H2,24,25)(H,26,30)(H,32,33)/b27-16+/t17-,21-/m1/s1. The first kappa shape index (κ1) is 26.2. The molecule has 0 radical (unpaired) electrons. The number of nitrogens with zero attached hydrogens (tertiary/aromatic N) is 3. The number of rotatable bonds is 8. The Morgan fingerprint density at radius 1 is 1.34 bits per heavy atom. The Kier molecular flexibility index (Phi) is 7.43. The molecule has 15 heteroatoms. The topological polar surface area (TPSA) is 164 Å². The number of hydrogen-bond acceptors (Lipinski definition) is 12. The average molecular weight is 590 g/mol. The number of thiazole rings is 1. The number of hydrogen-bond donors (Lipinski definition) is 3. The van der Waals surface area contributed by atoms with Crippen molar-refractivity contribution in [2.75, 3.05) is 24.3 Å². The molecule has 0 spiro atoms. The molecule has 2 amide bonds. The number of fused-ring (bicyclic) bond motifs is 2. The monoisotopic (exact) mass is 589 g/mol. The van der Waals surface area contributed by atoms with E-state index in [4.69, 9.17) is 10.6 Å². The van der Waals surface area contributed by atoms with Gasteiger partial charge in [-0.1, -0.05) is 17.3 Å². The Morgan fingerprint density at radius 3 is 2.84 bits per heavy atom. The molecule has 4 N–H and O–H groups in total. The van der Waals surface area contributed by atoms with Crippen molar-refractivity contribution in [3.63, 3.8) is 0 Å². The summed E-state index contributed by atoms with van der Waals surface area (Å²) >= 11 is 5.29. The number of aliphatic carboxylic acids is 1. The van der Waals surface area contributed by atoms with Gasteiger partial charge < -0.3 is 21.0 Å². The van der Waals surface area contributed by atoms with Gasteiger partial charge in [-0.15, -0.1) is 46.2 Å². The number of nitrogens with two attached hydrogens (primary N) is 1. The summed E-state index contributed by atoms with van der Waals surface area (Å²) in [6.45, 7) is 0. The number of carbonyl (C=O) groups is 3. The maximum atomic E-state index is 13.0. The van der Waals surface area contributed by atoms with E-state index in [0.717, 1.165) is 20.2 Å². The van der Waals surface area contributed by atoms with Crippen LogP contribution < -0.4 is 16.5 Å². The number of nitrogen functional groups attached to an aromatic ring is 1. The fourth-order valence-corrected chi connectivity index (χ4v) is 8.27. The molecule has 0 bridgehead atoms. The van der Waals surface area contributed by atoms with E-state index in [0.29, 0.717) is 22.5 Å². The fraction of sp³-hybridized carbons (Fsp3) is 0.217. The molecule has 2 aliphatic rings. The number of aromatic nitrogens is 1. The van der Waals surface area contributed by atoms with Crippen LogP contribution in [0.5, 0.6) is 0 Å². The van der Waals surface area contributed by atoms with Crippen LogP contribution in [0.15, 0.2) is 61.1 Å². The number of nitrogens with one attached hydrogen (secondary N) is 1. The van der Waals surface area contributed by atoms with Crippen LogP contribution in [0.3, 0.4) is 0 Å². The van der Waals surface area contributed by atoms with Crippen LogP contribution in [0.4, 0.5) is 5.13 Å². The summed E-state index contributed by atoms with van der Waals surface area (Å²) < 4.78 is 1.60. The number of carbonyl (C=O) groups excluding carboxylic acids is 2. The summed E-state index contributed by atoms with van der Waals surface area (Å²) in [4.78, 5) is 60.5. The van der Waals surface area contributed by atoms with Crippen LogP contribution in [0.25, 0.3) is 10.1 Å². The van der Waals surface area contributed by atoms with Crippen molar-refractivity contribution in [1.29, 1.82) is 0 Å². The zero-order valence-electron chi connectivity index (χ0n) is 19.6. The van der Waals surface area contributed by atoms with Gasteiger partial charge in [0.1, 0.15) is 29.9 Å². The SMILES string of the molecule is CO/N=C(/C(=O)N[C@@H]1C(=O)N2C(C(=O)O)=C(CSc3cc(=O)c4ccccc4s3)CS[C@H]12)c1csc(N)n1. The van der Waals surface area contributed by atoms with Gasteiger partial charge in [0, 0.05) is 33.0 Å².